The second-order valence-electron chi connectivity index (χ2n) is 6.26. The van der Waals surface area contributed by atoms with Crippen molar-refractivity contribution in [1.82, 2.24) is 9.97 Å². The Balaban J connectivity index is 1.81. The SMILES string of the molecule is [B]c1cc2c(NCCOC)ncnc2cc1OCc1cccc(S(C)(=O)=O)c1. The van der Waals surface area contributed by atoms with Crippen LogP contribution in [0.2, 0.25) is 0 Å². The third kappa shape index (κ3) is 4.79. The molecule has 0 aliphatic heterocycles. The molecule has 0 amide bonds. The second-order valence-corrected chi connectivity index (χ2v) is 8.27. The number of hydrogen-bond acceptors (Lipinski definition) is 7. The smallest absolute Gasteiger partial charge is 0.175 e. The molecule has 3 aromatic rings. The van der Waals surface area contributed by atoms with E-state index < -0.39 is 9.84 Å². The van der Waals surface area contributed by atoms with Gasteiger partial charge in [-0.15, -0.1) is 0 Å². The average molecular weight is 397 g/mol. The first kappa shape index (κ1) is 20.1. The summed E-state index contributed by atoms with van der Waals surface area (Å²) >= 11 is 0. The first-order chi connectivity index (χ1) is 13.4. The second kappa shape index (κ2) is 8.58. The van der Waals surface area contributed by atoms with E-state index in [2.05, 4.69) is 15.3 Å². The molecular weight excluding hydrogens is 377 g/mol. The zero-order valence-corrected chi connectivity index (χ0v) is 16.5. The summed E-state index contributed by atoms with van der Waals surface area (Å²) in [6, 6.07) is 10.1. The Hall–Kier alpha value is -2.65. The number of nitrogens with zero attached hydrogens (tertiary/aromatic N) is 2. The number of sulfone groups is 1. The molecule has 1 heterocycles. The lowest BCUT2D eigenvalue weighted by atomic mass is 9.93. The maximum Gasteiger partial charge on any atom is 0.175 e. The maximum atomic E-state index is 11.7. The summed E-state index contributed by atoms with van der Waals surface area (Å²) in [5, 5.41) is 3.96. The molecule has 7 nitrogen and oxygen atoms in total. The lowest BCUT2D eigenvalue weighted by Gasteiger charge is -2.13. The minimum absolute atomic E-state index is 0.184. The molecule has 144 valence electrons. The highest BCUT2D eigenvalue weighted by Crippen LogP contribution is 2.23. The molecule has 0 spiro atoms. The Morgan fingerprint density at radius 2 is 2.00 bits per heavy atom. The van der Waals surface area contributed by atoms with E-state index in [9.17, 15) is 8.42 Å². The van der Waals surface area contributed by atoms with Crippen LogP contribution in [0, 0.1) is 0 Å². The highest BCUT2D eigenvalue weighted by Gasteiger charge is 2.10. The van der Waals surface area contributed by atoms with Gasteiger partial charge in [-0.1, -0.05) is 23.7 Å². The lowest BCUT2D eigenvalue weighted by molar-refractivity contribution is 0.210. The van der Waals surface area contributed by atoms with Gasteiger partial charge in [-0.2, -0.15) is 0 Å². The first-order valence-corrected chi connectivity index (χ1v) is 10.5. The number of aromatic nitrogens is 2. The van der Waals surface area contributed by atoms with Crippen molar-refractivity contribution in [2.45, 2.75) is 11.5 Å². The Morgan fingerprint density at radius 1 is 1.18 bits per heavy atom. The number of hydrogen-bond donors (Lipinski definition) is 1. The van der Waals surface area contributed by atoms with E-state index in [-0.39, 0.29) is 11.5 Å². The molecule has 1 aromatic heterocycles. The van der Waals surface area contributed by atoms with Crippen LogP contribution in [-0.4, -0.2) is 52.7 Å². The summed E-state index contributed by atoms with van der Waals surface area (Å²) in [7, 11) is 4.50. The molecule has 2 radical (unpaired) electrons. The Labute approximate surface area is 165 Å². The molecule has 0 aliphatic carbocycles. The van der Waals surface area contributed by atoms with Crippen molar-refractivity contribution in [3.05, 3.63) is 48.3 Å². The molecule has 0 unspecified atom stereocenters. The van der Waals surface area contributed by atoms with Gasteiger partial charge in [-0.3, -0.25) is 0 Å². The molecule has 2 aromatic carbocycles. The molecule has 0 saturated carbocycles. The minimum Gasteiger partial charge on any atom is -0.489 e. The van der Waals surface area contributed by atoms with E-state index in [0.29, 0.717) is 35.7 Å². The van der Waals surface area contributed by atoms with Crippen LogP contribution in [0.25, 0.3) is 10.9 Å². The monoisotopic (exact) mass is 397 g/mol. The fourth-order valence-electron chi connectivity index (χ4n) is 2.67. The topological polar surface area (TPSA) is 90.4 Å². The van der Waals surface area contributed by atoms with Crippen LogP contribution < -0.4 is 15.5 Å². The van der Waals surface area contributed by atoms with Crippen LogP contribution in [0.3, 0.4) is 0 Å². The summed E-state index contributed by atoms with van der Waals surface area (Å²) in [5.74, 6) is 1.14. The number of anilines is 1. The molecule has 28 heavy (non-hydrogen) atoms. The van der Waals surface area contributed by atoms with Crippen molar-refractivity contribution in [2.24, 2.45) is 0 Å². The highest BCUT2D eigenvalue weighted by molar-refractivity contribution is 7.90. The van der Waals surface area contributed by atoms with Crippen LogP contribution >= 0.6 is 0 Å². The van der Waals surface area contributed by atoms with Gasteiger partial charge in [0.25, 0.3) is 0 Å². The van der Waals surface area contributed by atoms with Gasteiger partial charge in [-0.25, -0.2) is 18.4 Å². The molecule has 0 fully saturated rings. The number of rotatable bonds is 8. The Bertz CT molecular complexity index is 1090. The van der Waals surface area contributed by atoms with Crippen molar-refractivity contribution in [2.75, 3.05) is 31.8 Å². The van der Waals surface area contributed by atoms with Crippen molar-refractivity contribution >= 4 is 39.9 Å². The van der Waals surface area contributed by atoms with Crippen molar-refractivity contribution in [3.8, 4) is 5.75 Å². The van der Waals surface area contributed by atoms with Gasteiger partial charge in [0.15, 0.2) is 9.84 Å². The molecule has 0 bridgehead atoms. The fourth-order valence-corrected chi connectivity index (χ4v) is 3.36. The average Bonchev–Trinajstić information content (AvgIpc) is 2.66. The van der Waals surface area contributed by atoms with Gasteiger partial charge in [0.1, 0.15) is 32.3 Å². The van der Waals surface area contributed by atoms with Crippen molar-refractivity contribution < 1.29 is 17.9 Å². The van der Waals surface area contributed by atoms with Gasteiger partial charge in [0.2, 0.25) is 0 Å². The molecule has 0 atom stereocenters. The van der Waals surface area contributed by atoms with Gasteiger partial charge in [-0.05, 0) is 17.7 Å². The summed E-state index contributed by atoms with van der Waals surface area (Å²) in [6.45, 7) is 1.34. The Morgan fingerprint density at radius 3 is 2.75 bits per heavy atom. The summed E-state index contributed by atoms with van der Waals surface area (Å²) in [5.41, 5.74) is 1.85. The van der Waals surface area contributed by atoms with E-state index in [1.54, 1.807) is 43.5 Å². The summed E-state index contributed by atoms with van der Waals surface area (Å²) in [6.07, 6.45) is 2.64. The number of nitrogens with one attached hydrogen (secondary N) is 1. The third-order valence-electron chi connectivity index (χ3n) is 4.09. The van der Waals surface area contributed by atoms with Gasteiger partial charge in [0.05, 0.1) is 17.0 Å². The molecule has 9 heteroatoms. The van der Waals surface area contributed by atoms with E-state index in [1.165, 1.54) is 12.6 Å². The largest absolute Gasteiger partial charge is 0.489 e. The Kier molecular flexibility index (Phi) is 6.16. The van der Waals surface area contributed by atoms with Gasteiger partial charge >= 0.3 is 0 Å². The predicted octanol–water partition coefficient (Wildman–Crippen LogP) is 1.46. The molecular formula is C19H20BN3O4S. The first-order valence-electron chi connectivity index (χ1n) is 8.57. The van der Waals surface area contributed by atoms with E-state index in [1.807, 2.05) is 0 Å². The van der Waals surface area contributed by atoms with Crippen molar-refractivity contribution in [3.63, 3.8) is 0 Å². The number of methoxy groups -OCH3 is 1. The maximum absolute atomic E-state index is 11.7. The third-order valence-corrected chi connectivity index (χ3v) is 5.20. The molecule has 1 N–H and O–H groups in total. The van der Waals surface area contributed by atoms with Crippen LogP contribution in [0.5, 0.6) is 5.75 Å². The molecule has 3 rings (SSSR count). The van der Waals surface area contributed by atoms with Gasteiger partial charge in [0, 0.05) is 31.4 Å². The number of fused-ring (bicyclic) bond motifs is 1. The quantitative estimate of drug-likeness (QED) is 0.455. The van der Waals surface area contributed by atoms with Crippen LogP contribution in [0.15, 0.2) is 47.6 Å². The zero-order chi connectivity index (χ0) is 20.1. The van der Waals surface area contributed by atoms with Crippen LogP contribution in [0.4, 0.5) is 5.82 Å². The van der Waals surface area contributed by atoms with Crippen molar-refractivity contribution in [1.29, 1.82) is 0 Å². The van der Waals surface area contributed by atoms with Crippen LogP contribution in [0.1, 0.15) is 5.56 Å². The molecule has 0 saturated heterocycles. The summed E-state index contributed by atoms with van der Waals surface area (Å²) in [4.78, 5) is 8.77. The lowest BCUT2D eigenvalue weighted by Crippen LogP contribution is -2.13. The van der Waals surface area contributed by atoms with E-state index in [4.69, 9.17) is 17.3 Å². The normalized spacial score (nSPS) is 11.5. The standard InChI is InChI=1S/C19H20BN3O4S/c1-26-7-6-21-19-15-9-16(20)18(10-17(15)22-12-23-19)27-11-13-4-3-5-14(8-13)28(2,24)25/h3-5,8-10,12H,6-7,11H2,1-2H3,(H,21,22,23). The highest BCUT2D eigenvalue weighted by atomic mass is 32.2. The van der Waals surface area contributed by atoms with Crippen LogP contribution in [-0.2, 0) is 21.2 Å². The predicted molar refractivity (Wildman–Crippen MR) is 109 cm³/mol. The minimum atomic E-state index is -3.27. The van der Waals surface area contributed by atoms with E-state index in [0.717, 1.165) is 10.9 Å². The molecule has 0 aliphatic rings. The fraction of sp³-hybridized carbons (Fsp3) is 0.263. The summed E-state index contributed by atoms with van der Waals surface area (Å²) < 4.78 is 34.2. The zero-order valence-electron chi connectivity index (χ0n) is 15.7. The van der Waals surface area contributed by atoms with Gasteiger partial charge < -0.3 is 14.8 Å². The number of ether oxygens (including phenoxy) is 2. The van der Waals surface area contributed by atoms with E-state index >= 15 is 0 Å². The number of benzene rings is 2.